The van der Waals surface area contributed by atoms with Crippen molar-refractivity contribution in [2.75, 3.05) is 25.6 Å². The maximum absolute atomic E-state index is 9.61. The van der Waals surface area contributed by atoms with Gasteiger partial charge in [-0.2, -0.15) is 0 Å². The minimum atomic E-state index is 0.252. The summed E-state index contributed by atoms with van der Waals surface area (Å²) in [5, 5.41) is 9.61. The Bertz CT molecular complexity index is 903. The number of hydrogen-bond acceptors (Lipinski definition) is 4. The molecule has 0 saturated heterocycles. The van der Waals surface area contributed by atoms with E-state index < -0.39 is 0 Å². The zero-order valence-corrected chi connectivity index (χ0v) is 15.7. The maximum Gasteiger partial charge on any atom is 0.143 e. The lowest BCUT2D eigenvalue weighted by Crippen LogP contribution is -2.12. The van der Waals surface area contributed by atoms with E-state index in [1.165, 1.54) is 0 Å². The van der Waals surface area contributed by atoms with Gasteiger partial charge >= 0.3 is 0 Å². The quantitative estimate of drug-likeness (QED) is 0.713. The number of aromatic hydroxyl groups is 1. The molecule has 0 aliphatic heterocycles. The van der Waals surface area contributed by atoms with E-state index in [0.717, 1.165) is 39.5 Å². The van der Waals surface area contributed by atoms with Gasteiger partial charge in [-0.15, -0.1) is 0 Å². The molecule has 134 valence electrons. The number of para-hydroxylation sites is 1. The van der Waals surface area contributed by atoms with Gasteiger partial charge in [0.25, 0.3) is 0 Å². The zero-order valence-electron chi connectivity index (χ0n) is 15.7. The molecular weight excluding hydrogens is 324 g/mol. The first kappa shape index (κ1) is 17.8. The number of anilines is 1. The predicted molar refractivity (Wildman–Crippen MR) is 107 cm³/mol. The molecule has 26 heavy (non-hydrogen) atoms. The molecule has 0 radical (unpaired) electrons. The van der Waals surface area contributed by atoms with Crippen LogP contribution in [0.2, 0.25) is 0 Å². The molecule has 1 heterocycles. The first-order valence-corrected chi connectivity index (χ1v) is 8.71. The van der Waals surface area contributed by atoms with Crippen LogP contribution < -0.4 is 9.64 Å². The van der Waals surface area contributed by atoms with Crippen LogP contribution in [-0.2, 0) is 0 Å². The van der Waals surface area contributed by atoms with Crippen LogP contribution in [0.5, 0.6) is 11.5 Å². The Kier molecular flexibility index (Phi) is 5.12. The van der Waals surface area contributed by atoms with Crippen LogP contribution in [0, 0.1) is 6.92 Å². The Labute approximate surface area is 154 Å². The van der Waals surface area contributed by atoms with Crippen LogP contribution in [0.3, 0.4) is 0 Å². The number of ether oxygens (including phenoxy) is 1. The van der Waals surface area contributed by atoms with Crippen molar-refractivity contribution in [2.45, 2.75) is 13.8 Å². The van der Waals surface area contributed by atoms with E-state index >= 15 is 0 Å². The van der Waals surface area contributed by atoms with Gasteiger partial charge in [0.15, 0.2) is 0 Å². The summed E-state index contributed by atoms with van der Waals surface area (Å²) in [6, 6.07) is 17.4. The Morgan fingerprint density at radius 2 is 1.69 bits per heavy atom. The minimum absolute atomic E-state index is 0.252. The van der Waals surface area contributed by atoms with E-state index in [2.05, 4.69) is 17.0 Å². The summed E-state index contributed by atoms with van der Waals surface area (Å²) in [6.45, 7) is 4.58. The van der Waals surface area contributed by atoms with Crippen LogP contribution in [0.1, 0.15) is 12.6 Å². The van der Waals surface area contributed by atoms with Gasteiger partial charge in [-0.1, -0.05) is 30.3 Å². The number of rotatable bonds is 5. The summed E-state index contributed by atoms with van der Waals surface area (Å²) < 4.78 is 5.85. The van der Waals surface area contributed by atoms with E-state index in [1.54, 1.807) is 12.1 Å². The maximum atomic E-state index is 9.61. The third-order valence-electron chi connectivity index (χ3n) is 4.21. The second kappa shape index (κ2) is 7.48. The first-order valence-electron chi connectivity index (χ1n) is 8.71. The number of phenolic OH excluding ortho intramolecular Hbond substituents is 1. The average Bonchev–Trinajstić information content (AvgIpc) is 2.62. The van der Waals surface area contributed by atoms with Crippen LogP contribution in [0.15, 0.2) is 54.6 Å². The van der Waals surface area contributed by atoms with Crippen molar-refractivity contribution in [3.05, 3.63) is 60.3 Å². The third-order valence-corrected chi connectivity index (χ3v) is 4.21. The van der Waals surface area contributed by atoms with Crippen molar-refractivity contribution in [1.82, 2.24) is 4.98 Å². The largest absolute Gasteiger partial charge is 0.508 e. The summed E-state index contributed by atoms with van der Waals surface area (Å²) in [4.78, 5) is 6.90. The zero-order chi connectivity index (χ0) is 18.7. The molecule has 0 bridgehead atoms. The normalized spacial score (nSPS) is 10.6. The molecule has 2 aromatic carbocycles. The molecule has 0 spiro atoms. The highest BCUT2D eigenvalue weighted by Gasteiger charge is 2.18. The lowest BCUT2D eigenvalue weighted by molar-refractivity contribution is 0.341. The van der Waals surface area contributed by atoms with Gasteiger partial charge in [-0.05, 0) is 43.7 Å². The summed E-state index contributed by atoms with van der Waals surface area (Å²) in [5.41, 5.74) is 5.92. The highest BCUT2D eigenvalue weighted by atomic mass is 16.5. The number of phenols is 1. The third kappa shape index (κ3) is 3.49. The molecule has 0 fully saturated rings. The molecule has 3 rings (SSSR count). The van der Waals surface area contributed by atoms with E-state index in [4.69, 9.17) is 9.72 Å². The van der Waals surface area contributed by atoms with Crippen molar-refractivity contribution in [3.63, 3.8) is 0 Å². The van der Waals surface area contributed by atoms with Crippen LogP contribution in [0.4, 0.5) is 5.69 Å². The second-order valence-electron chi connectivity index (χ2n) is 6.38. The molecule has 0 amide bonds. The number of aromatic nitrogens is 1. The standard InChI is InChI=1S/C22H24N2O2/c1-5-26-20-8-6-7-19(22(20)24(3)4)21-18(14-9-15(2)23-21)16-10-12-17(25)13-11-16/h6-14,25H,5H2,1-4H3. The number of pyridine rings is 1. The van der Waals surface area contributed by atoms with Crippen LogP contribution in [-0.4, -0.2) is 30.8 Å². The van der Waals surface area contributed by atoms with E-state index in [1.807, 2.05) is 58.3 Å². The van der Waals surface area contributed by atoms with Crippen molar-refractivity contribution in [2.24, 2.45) is 0 Å². The van der Waals surface area contributed by atoms with E-state index in [-0.39, 0.29) is 5.75 Å². The molecule has 4 nitrogen and oxygen atoms in total. The number of nitrogens with zero attached hydrogens (tertiary/aromatic N) is 2. The summed E-state index contributed by atoms with van der Waals surface area (Å²) in [7, 11) is 4.02. The summed E-state index contributed by atoms with van der Waals surface area (Å²) in [6.07, 6.45) is 0. The topological polar surface area (TPSA) is 45.6 Å². The van der Waals surface area contributed by atoms with E-state index in [0.29, 0.717) is 6.61 Å². The first-order chi connectivity index (χ1) is 12.5. The molecule has 0 aliphatic rings. The molecule has 0 saturated carbocycles. The number of benzene rings is 2. The van der Waals surface area contributed by atoms with Crippen molar-refractivity contribution >= 4 is 5.69 Å². The number of hydrogen-bond donors (Lipinski definition) is 1. The highest BCUT2D eigenvalue weighted by molar-refractivity contribution is 5.89. The fourth-order valence-electron chi connectivity index (χ4n) is 3.08. The van der Waals surface area contributed by atoms with Crippen molar-refractivity contribution in [3.8, 4) is 33.9 Å². The van der Waals surface area contributed by atoms with Gasteiger partial charge in [0.2, 0.25) is 0 Å². The fraction of sp³-hybridized carbons (Fsp3) is 0.227. The molecule has 0 aliphatic carbocycles. The van der Waals surface area contributed by atoms with Gasteiger partial charge in [0.05, 0.1) is 18.0 Å². The summed E-state index contributed by atoms with van der Waals surface area (Å²) >= 11 is 0. The Morgan fingerprint density at radius 3 is 2.35 bits per heavy atom. The molecule has 1 aromatic heterocycles. The second-order valence-corrected chi connectivity index (χ2v) is 6.38. The highest BCUT2D eigenvalue weighted by Crippen LogP contribution is 2.41. The fourth-order valence-corrected chi connectivity index (χ4v) is 3.08. The van der Waals surface area contributed by atoms with Crippen LogP contribution >= 0.6 is 0 Å². The lowest BCUT2D eigenvalue weighted by Gasteiger charge is -2.22. The van der Waals surface area contributed by atoms with Gasteiger partial charge in [0, 0.05) is 30.9 Å². The summed E-state index contributed by atoms with van der Waals surface area (Å²) in [5.74, 6) is 1.10. The Morgan fingerprint density at radius 1 is 0.962 bits per heavy atom. The van der Waals surface area contributed by atoms with Gasteiger partial charge < -0.3 is 14.7 Å². The van der Waals surface area contributed by atoms with E-state index in [9.17, 15) is 5.11 Å². The Hall–Kier alpha value is -3.01. The monoisotopic (exact) mass is 348 g/mol. The van der Waals surface area contributed by atoms with Crippen molar-refractivity contribution in [1.29, 1.82) is 0 Å². The van der Waals surface area contributed by atoms with Gasteiger partial charge in [-0.3, -0.25) is 4.98 Å². The molecule has 0 atom stereocenters. The molecule has 1 N–H and O–H groups in total. The lowest BCUT2D eigenvalue weighted by atomic mass is 9.97. The van der Waals surface area contributed by atoms with Gasteiger partial charge in [-0.25, -0.2) is 0 Å². The number of aryl methyl sites for hydroxylation is 1. The van der Waals surface area contributed by atoms with Gasteiger partial charge in [0.1, 0.15) is 11.5 Å². The Balaban J connectivity index is 2.26. The minimum Gasteiger partial charge on any atom is -0.508 e. The molecule has 4 heteroatoms. The van der Waals surface area contributed by atoms with Crippen LogP contribution in [0.25, 0.3) is 22.4 Å². The smallest absolute Gasteiger partial charge is 0.143 e. The molecule has 0 unspecified atom stereocenters. The SMILES string of the molecule is CCOc1cccc(-c2nc(C)ccc2-c2ccc(O)cc2)c1N(C)C. The molecular formula is C22H24N2O2. The molecule has 3 aromatic rings. The average molecular weight is 348 g/mol. The van der Waals surface area contributed by atoms with Crippen molar-refractivity contribution < 1.29 is 9.84 Å². The predicted octanol–water partition coefficient (Wildman–Crippen LogP) is 4.89.